The van der Waals surface area contributed by atoms with Crippen LogP contribution in [-0.4, -0.2) is 33.9 Å². The van der Waals surface area contributed by atoms with Crippen molar-refractivity contribution in [2.45, 2.75) is 26.4 Å². The molecule has 0 aliphatic carbocycles. The SMILES string of the molecule is Cc1nc(NC(C)c2ccc(-c3ccccc3CN(C)C)s2)c2ccncc2n1. The average Bonchev–Trinajstić information content (AvgIpc) is 3.18. The quantitative estimate of drug-likeness (QED) is 0.474. The van der Waals surface area contributed by atoms with Crippen molar-refractivity contribution in [2.24, 2.45) is 0 Å². The van der Waals surface area contributed by atoms with Gasteiger partial charge in [-0.15, -0.1) is 11.3 Å². The van der Waals surface area contributed by atoms with Gasteiger partial charge in [-0.1, -0.05) is 24.3 Å². The molecule has 4 aromatic rings. The highest BCUT2D eigenvalue weighted by atomic mass is 32.1. The number of nitrogens with one attached hydrogen (secondary N) is 1. The van der Waals surface area contributed by atoms with Crippen LogP contribution in [0.5, 0.6) is 0 Å². The molecule has 6 heteroatoms. The molecule has 0 aliphatic rings. The number of aromatic nitrogens is 3. The second kappa shape index (κ2) is 8.27. The Balaban J connectivity index is 1.61. The summed E-state index contributed by atoms with van der Waals surface area (Å²) in [6.45, 7) is 5.01. The van der Waals surface area contributed by atoms with E-state index in [-0.39, 0.29) is 6.04 Å². The van der Waals surface area contributed by atoms with Crippen LogP contribution in [0.2, 0.25) is 0 Å². The lowest BCUT2D eigenvalue weighted by Gasteiger charge is -2.15. The number of anilines is 1. The molecule has 29 heavy (non-hydrogen) atoms. The molecule has 148 valence electrons. The van der Waals surface area contributed by atoms with Crippen molar-refractivity contribution in [1.29, 1.82) is 0 Å². The van der Waals surface area contributed by atoms with E-state index in [1.807, 2.05) is 24.3 Å². The molecule has 1 N–H and O–H groups in total. The van der Waals surface area contributed by atoms with Gasteiger partial charge < -0.3 is 10.2 Å². The number of thiophene rings is 1. The van der Waals surface area contributed by atoms with Crippen LogP contribution in [0.1, 0.15) is 29.2 Å². The van der Waals surface area contributed by atoms with Crippen LogP contribution in [0.15, 0.2) is 54.9 Å². The van der Waals surface area contributed by atoms with Crippen LogP contribution >= 0.6 is 11.3 Å². The normalized spacial score (nSPS) is 12.4. The fourth-order valence-corrected chi connectivity index (χ4v) is 4.52. The molecule has 0 bridgehead atoms. The van der Waals surface area contributed by atoms with Crippen molar-refractivity contribution in [3.63, 3.8) is 0 Å². The largest absolute Gasteiger partial charge is 0.362 e. The Morgan fingerprint density at radius 2 is 1.90 bits per heavy atom. The number of hydrogen-bond acceptors (Lipinski definition) is 6. The molecule has 0 amide bonds. The summed E-state index contributed by atoms with van der Waals surface area (Å²) in [5, 5.41) is 4.57. The van der Waals surface area contributed by atoms with Crippen molar-refractivity contribution in [1.82, 2.24) is 19.9 Å². The molecule has 3 aromatic heterocycles. The summed E-state index contributed by atoms with van der Waals surface area (Å²) >= 11 is 1.83. The minimum absolute atomic E-state index is 0.139. The smallest absolute Gasteiger partial charge is 0.138 e. The Morgan fingerprint density at radius 3 is 2.72 bits per heavy atom. The third kappa shape index (κ3) is 4.28. The van der Waals surface area contributed by atoms with Gasteiger partial charge >= 0.3 is 0 Å². The van der Waals surface area contributed by atoms with Crippen molar-refractivity contribution >= 4 is 28.1 Å². The average molecular weight is 404 g/mol. The number of nitrogens with zero attached hydrogens (tertiary/aromatic N) is 4. The maximum atomic E-state index is 4.63. The van der Waals surface area contributed by atoms with Gasteiger partial charge in [-0.25, -0.2) is 9.97 Å². The van der Waals surface area contributed by atoms with E-state index in [1.54, 1.807) is 12.4 Å². The van der Waals surface area contributed by atoms with Crippen molar-refractivity contribution in [3.8, 4) is 10.4 Å². The van der Waals surface area contributed by atoms with Crippen molar-refractivity contribution < 1.29 is 0 Å². The number of rotatable bonds is 6. The zero-order valence-corrected chi connectivity index (χ0v) is 18.0. The summed E-state index contributed by atoms with van der Waals surface area (Å²) in [6, 6.07) is 15.2. The lowest BCUT2D eigenvalue weighted by atomic mass is 10.1. The van der Waals surface area contributed by atoms with Gasteiger partial charge in [0, 0.05) is 27.9 Å². The maximum Gasteiger partial charge on any atom is 0.138 e. The van der Waals surface area contributed by atoms with E-state index in [0.717, 1.165) is 29.1 Å². The highest BCUT2D eigenvalue weighted by Gasteiger charge is 2.14. The fraction of sp³-hybridized carbons (Fsp3) is 0.261. The number of aryl methyl sites for hydroxylation is 1. The van der Waals surface area contributed by atoms with E-state index in [9.17, 15) is 0 Å². The van der Waals surface area contributed by atoms with Gasteiger partial charge in [0.15, 0.2) is 0 Å². The number of pyridine rings is 1. The third-order valence-electron chi connectivity index (χ3n) is 4.79. The molecule has 0 spiro atoms. The van der Waals surface area contributed by atoms with Gasteiger partial charge in [0.1, 0.15) is 11.6 Å². The maximum absolute atomic E-state index is 4.63. The van der Waals surface area contributed by atoms with Crippen LogP contribution in [-0.2, 0) is 6.54 Å². The van der Waals surface area contributed by atoms with Gasteiger partial charge in [0.05, 0.1) is 17.8 Å². The van der Waals surface area contributed by atoms with E-state index < -0.39 is 0 Å². The summed E-state index contributed by atoms with van der Waals surface area (Å²) in [4.78, 5) is 18.1. The van der Waals surface area contributed by atoms with Crippen LogP contribution < -0.4 is 5.32 Å². The zero-order chi connectivity index (χ0) is 20.4. The molecule has 0 aliphatic heterocycles. The summed E-state index contributed by atoms with van der Waals surface area (Å²) < 4.78 is 0. The van der Waals surface area contributed by atoms with Gasteiger partial charge in [0.25, 0.3) is 0 Å². The Bertz CT molecular complexity index is 1140. The first-order chi connectivity index (χ1) is 14.0. The van der Waals surface area contributed by atoms with Gasteiger partial charge in [0.2, 0.25) is 0 Å². The molecule has 1 atom stereocenters. The molecule has 0 radical (unpaired) electrons. The van der Waals surface area contributed by atoms with E-state index in [4.69, 9.17) is 0 Å². The number of benzene rings is 1. The molecule has 0 fully saturated rings. The van der Waals surface area contributed by atoms with Crippen LogP contribution in [0.25, 0.3) is 21.3 Å². The van der Waals surface area contributed by atoms with Crippen LogP contribution in [0, 0.1) is 6.92 Å². The van der Waals surface area contributed by atoms with Gasteiger partial charge in [-0.3, -0.25) is 4.98 Å². The highest BCUT2D eigenvalue weighted by Crippen LogP contribution is 2.35. The summed E-state index contributed by atoms with van der Waals surface area (Å²) in [6.07, 6.45) is 3.56. The molecule has 4 rings (SSSR count). The van der Waals surface area contributed by atoms with Gasteiger partial charge in [-0.05, 0) is 57.3 Å². The van der Waals surface area contributed by atoms with E-state index >= 15 is 0 Å². The standard InChI is InChI=1S/C23H25N5S/c1-15(25-23-19-11-12-24-13-20(19)26-16(2)27-23)21-9-10-22(29-21)18-8-6-5-7-17(18)14-28(3)4/h5-13,15H,14H2,1-4H3,(H,25,26,27). The Morgan fingerprint density at radius 1 is 1.07 bits per heavy atom. The molecular weight excluding hydrogens is 378 g/mol. The van der Waals surface area contributed by atoms with Crippen molar-refractivity contribution in [2.75, 3.05) is 19.4 Å². The third-order valence-corrected chi connectivity index (χ3v) is 6.09. The Hall–Kier alpha value is -2.83. The minimum atomic E-state index is 0.139. The summed E-state index contributed by atoms with van der Waals surface area (Å²) in [7, 11) is 4.21. The lowest BCUT2D eigenvalue weighted by molar-refractivity contribution is 0.403. The lowest BCUT2D eigenvalue weighted by Crippen LogP contribution is -2.11. The number of hydrogen-bond donors (Lipinski definition) is 1. The monoisotopic (exact) mass is 403 g/mol. The highest BCUT2D eigenvalue weighted by molar-refractivity contribution is 7.15. The fourth-order valence-electron chi connectivity index (χ4n) is 3.45. The number of fused-ring (bicyclic) bond motifs is 1. The van der Waals surface area contributed by atoms with Gasteiger partial charge in [-0.2, -0.15) is 0 Å². The first-order valence-corrected chi connectivity index (χ1v) is 10.5. The molecule has 1 unspecified atom stereocenters. The van der Waals surface area contributed by atoms with Crippen LogP contribution in [0.4, 0.5) is 5.82 Å². The first kappa shape index (κ1) is 19.5. The predicted molar refractivity (Wildman–Crippen MR) is 121 cm³/mol. The molecule has 0 saturated carbocycles. The molecule has 1 aromatic carbocycles. The van der Waals surface area contributed by atoms with E-state index in [2.05, 4.69) is 82.6 Å². The molecule has 3 heterocycles. The topological polar surface area (TPSA) is 53.9 Å². The summed E-state index contributed by atoms with van der Waals surface area (Å²) in [5.41, 5.74) is 3.51. The molecule has 0 saturated heterocycles. The van der Waals surface area contributed by atoms with Crippen molar-refractivity contribution in [3.05, 3.63) is 71.1 Å². The minimum Gasteiger partial charge on any atom is -0.362 e. The first-order valence-electron chi connectivity index (χ1n) is 9.69. The predicted octanol–water partition coefficient (Wildman–Crippen LogP) is 5.30. The second-order valence-electron chi connectivity index (χ2n) is 7.48. The van der Waals surface area contributed by atoms with E-state index in [1.165, 1.54) is 20.9 Å². The Kier molecular flexibility index (Phi) is 5.56. The van der Waals surface area contributed by atoms with E-state index in [0.29, 0.717) is 0 Å². The molecule has 5 nitrogen and oxygen atoms in total. The Labute approximate surface area is 175 Å². The molecular formula is C23H25N5S. The van der Waals surface area contributed by atoms with Crippen LogP contribution in [0.3, 0.4) is 0 Å². The zero-order valence-electron chi connectivity index (χ0n) is 17.2. The second-order valence-corrected chi connectivity index (χ2v) is 8.59. The summed E-state index contributed by atoms with van der Waals surface area (Å²) in [5.74, 6) is 1.59.